The molecule has 0 fully saturated rings. The van der Waals surface area contributed by atoms with Crippen LogP contribution in [0.25, 0.3) is 0 Å². The SMILES string of the molecule is CCC(CC)CNS(=O)(=O)C(C)(C)C. The zero-order valence-corrected chi connectivity index (χ0v) is 10.7. The lowest BCUT2D eigenvalue weighted by Crippen LogP contribution is -2.41. The second-order valence-electron chi connectivity index (χ2n) is 4.65. The van der Waals surface area contributed by atoms with Crippen LogP contribution in [0.3, 0.4) is 0 Å². The molecule has 0 heterocycles. The molecular formula is C10H23NO2S. The van der Waals surface area contributed by atoms with Gasteiger partial charge in [-0.05, 0) is 26.7 Å². The monoisotopic (exact) mass is 221 g/mol. The first kappa shape index (κ1) is 13.9. The van der Waals surface area contributed by atoms with E-state index in [-0.39, 0.29) is 0 Å². The summed E-state index contributed by atoms with van der Waals surface area (Å²) in [6, 6.07) is 0. The summed E-state index contributed by atoms with van der Waals surface area (Å²) in [5.41, 5.74) is 0. The molecule has 0 aromatic carbocycles. The number of rotatable bonds is 5. The molecule has 0 saturated carbocycles. The molecule has 1 N–H and O–H groups in total. The number of hydrogen-bond acceptors (Lipinski definition) is 2. The smallest absolute Gasteiger partial charge is 0.215 e. The molecule has 4 heteroatoms. The average molecular weight is 221 g/mol. The van der Waals surface area contributed by atoms with Crippen LogP contribution in [-0.4, -0.2) is 19.7 Å². The fourth-order valence-corrected chi connectivity index (χ4v) is 1.91. The van der Waals surface area contributed by atoms with Gasteiger partial charge in [-0.1, -0.05) is 26.7 Å². The molecule has 0 spiro atoms. The fourth-order valence-electron chi connectivity index (χ4n) is 1.02. The standard InChI is InChI=1S/C10H23NO2S/c1-6-9(7-2)8-11-14(12,13)10(3,4)5/h9,11H,6-8H2,1-5H3. The summed E-state index contributed by atoms with van der Waals surface area (Å²) in [6.07, 6.45) is 2.03. The Hall–Kier alpha value is -0.0900. The summed E-state index contributed by atoms with van der Waals surface area (Å²) in [4.78, 5) is 0. The second-order valence-corrected chi connectivity index (χ2v) is 7.17. The van der Waals surface area contributed by atoms with Crippen LogP contribution in [0.4, 0.5) is 0 Å². The first-order chi connectivity index (χ1) is 6.24. The van der Waals surface area contributed by atoms with Gasteiger partial charge in [0.2, 0.25) is 10.0 Å². The van der Waals surface area contributed by atoms with Crippen LogP contribution < -0.4 is 4.72 Å². The molecule has 86 valence electrons. The lowest BCUT2D eigenvalue weighted by Gasteiger charge is -2.21. The van der Waals surface area contributed by atoms with Crippen LogP contribution in [-0.2, 0) is 10.0 Å². The zero-order valence-electron chi connectivity index (χ0n) is 9.92. The van der Waals surface area contributed by atoms with Crippen LogP contribution in [0.5, 0.6) is 0 Å². The van der Waals surface area contributed by atoms with Crippen LogP contribution in [0.2, 0.25) is 0 Å². The third-order valence-corrected chi connectivity index (χ3v) is 4.68. The van der Waals surface area contributed by atoms with Gasteiger partial charge in [0.05, 0.1) is 4.75 Å². The number of hydrogen-bond donors (Lipinski definition) is 1. The Morgan fingerprint density at radius 3 is 1.86 bits per heavy atom. The molecule has 3 nitrogen and oxygen atoms in total. The zero-order chi connectivity index (χ0) is 11.4. The summed E-state index contributed by atoms with van der Waals surface area (Å²) < 4.78 is 25.3. The van der Waals surface area contributed by atoms with Gasteiger partial charge < -0.3 is 0 Å². The molecule has 0 aliphatic carbocycles. The van der Waals surface area contributed by atoms with E-state index >= 15 is 0 Å². The number of nitrogens with one attached hydrogen (secondary N) is 1. The Kier molecular flexibility index (Phi) is 5.09. The Morgan fingerprint density at radius 2 is 1.57 bits per heavy atom. The minimum atomic E-state index is -3.16. The van der Waals surface area contributed by atoms with E-state index in [1.807, 2.05) is 0 Å². The molecule has 0 atom stereocenters. The quantitative estimate of drug-likeness (QED) is 0.773. The molecule has 0 aromatic rings. The highest BCUT2D eigenvalue weighted by molar-refractivity contribution is 7.90. The van der Waals surface area contributed by atoms with E-state index in [0.29, 0.717) is 12.5 Å². The molecular weight excluding hydrogens is 198 g/mol. The van der Waals surface area contributed by atoms with E-state index in [1.54, 1.807) is 20.8 Å². The van der Waals surface area contributed by atoms with E-state index in [1.165, 1.54) is 0 Å². The van der Waals surface area contributed by atoms with Crippen molar-refractivity contribution in [3.05, 3.63) is 0 Å². The Balaban J connectivity index is 4.27. The van der Waals surface area contributed by atoms with Crippen LogP contribution in [0, 0.1) is 5.92 Å². The minimum Gasteiger partial charge on any atom is -0.215 e. The third kappa shape index (κ3) is 3.96. The Morgan fingerprint density at radius 1 is 1.14 bits per heavy atom. The van der Waals surface area contributed by atoms with Crippen LogP contribution >= 0.6 is 0 Å². The van der Waals surface area contributed by atoms with E-state index in [9.17, 15) is 8.42 Å². The normalized spacial score (nSPS) is 13.6. The van der Waals surface area contributed by atoms with Gasteiger partial charge in [-0.15, -0.1) is 0 Å². The maximum Gasteiger partial charge on any atom is 0.216 e. The van der Waals surface area contributed by atoms with Crippen molar-refractivity contribution in [2.45, 2.75) is 52.2 Å². The fraction of sp³-hybridized carbons (Fsp3) is 1.00. The van der Waals surface area contributed by atoms with Gasteiger partial charge in [-0.25, -0.2) is 13.1 Å². The van der Waals surface area contributed by atoms with Gasteiger partial charge >= 0.3 is 0 Å². The molecule has 0 saturated heterocycles. The van der Waals surface area contributed by atoms with Crippen LogP contribution in [0.1, 0.15) is 47.5 Å². The maximum absolute atomic E-state index is 11.7. The molecule has 0 aromatic heterocycles. The predicted molar refractivity (Wildman–Crippen MR) is 60.7 cm³/mol. The molecule has 0 aliphatic rings. The summed E-state index contributed by atoms with van der Waals surface area (Å²) in [6.45, 7) is 9.86. The Bertz CT molecular complexity index is 248. The summed E-state index contributed by atoms with van der Waals surface area (Å²) in [7, 11) is -3.16. The van der Waals surface area contributed by atoms with Crippen molar-refractivity contribution in [1.29, 1.82) is 0 Å². The van der Waals surface area contributed by atoms with Crippen molar-refractivity contribution in [2.75, 3.05) is 6.54 Å². The summed E-state index contributed by atoms with van der Waals surface area (Å²) in [5, 5.41) is 0. The molecule has 0 unspecified atom stereocenters. The van der Waals surface area contributed by atoms with Gasteiger partial charge in [0.1, 0.15) is 0 Å². The first-order valence-electron chi connectivity index (χ1n) is 5.23. The van der Waals surface area contributed by atoms with E-state index in [2.05, 4.69) is 18.6 Å². The number of sulfonamides is 1. The molecule has 14 heavy (non-hydrogen) atoms. The highest BCUT2D eigenvalue weighted by Crippen LogP contribution is 2.14. The highest BCUT2D eigenvalue weighted by Gasteiger charge is 2.28. The molecule has 0 rings (SSSR count). The van der Waals surface area contributed by atoms with Crippen molar-refractivity contribution in [3.63, 3.8) is 0 Å². The predicted octanol–water partition coefficient (Wildman–Crippen LogP) is 2.14. The van der Waals surface area contributed by atoms with Crippen molar-refractivity contribution < 1.29 is 8.42 Å². The minimum absolute atomic E-state index is 0.451. The van der Waals surface area contributed by atoms with Gasteiger partial charge in [-0.3, -0.25) is 0 Å². The maximum atomic E-state index is 11.7. The van der Waals surface area contributed by atoms with Crippen molar-refractivity contribution in [3.8, 4) is 0 Å². The molecule has 0 aliphatic heterocycles. The van der Waals surface area contributed by atoms with Gasteiger partial charge in [0, 0.05) is 6.54 Å². The van der Waals surface area contributed by atoms with E-state index in [0.717, 1.165) is 12.8 Å². The largest absolute Gasteiger partial charge is 0.216 e. The lowest BCUT2D eigenvalue weighted by atomic mass is 10.0. The topological polar surface area (TPSA) is 46.2 Å². The summed E-state index contributed by atoms with van der Waals surface area (Å²) >= 11 is 0. The van der Waals surface area contributed by atoms with Crippen molar-refractivity contribution in [2.24, 2.45) is 5.92 Å². The first-order valence-corrected chi connectivity index (χ1v) is 6.72. The average Bonchev–Trinajstić information content (AvgIpc) is 2.04. The van der Waals surface area contributed by atoms with Gasteiger partial charge in [0.15, 0.2) is 0 Å². The van der Waals surface area contributed by atoms with E-state index in [4.69, 9.17) is 0 Å². The second kappa shape index (κ2) is 5.12. The Labute approximate surface area is 88.3 Å². The summed E-state index contributed by atoms with van der Waals surface area (Å²) in [5.74, 6) is 0.451. The van der Waals surface area contributed by atoms with Crippen molar-refractivity contribution >= 4 is 10.0 Å². The van der Waals surface area contributed by atoms with Crippen LogP contribution in [0.15, 0.2) is 0 Å². The molecule has 0 amide bonds. The van der Waals surface area contributed by atoms with E-state index < -0.39 is 14.8 Å². The third-order valence-electron chi connectivity index (χ3n) is 2.52. The van der Waals surface area contributed by atoms with Gasteiger partial charge in [-0.2, -0.15) is 0 Å². The van der Waals surface area contributed by atoms with Gasteiger partial charge in [0.25, 0.3) is 0 Å². The molecule has 0 bridgehead atoms. The van der Waals surface area contributed by atoms with Crippen molar-refractivity contribution in [1.82, 2.24) is 4.72 Å². The molecule has 0 radical (unpaired) electrons. The lowest BCUT2D eigenvalue weighted by molar-refractivity contribution is 0.471. The highest BCUT2D eigenvalue weighted by atomic mass is 32.2.